The van der Waals surface area contributed by atoms with E-state index in [4.69, 9.17) is 0 Å². The molecule has 1 N–H and O–H groups in total. The second kappa shape index (κ2) is 5.35. The van der Waals surface area contributed by atoms with Crippen LogP contribution in [-0.2, 0) is 0 Å². The van der Waals surface area contributed by atoms with E-state index in [1.54, 1.807) is 12.4 Å². The number of hydrogen-bond acceptors (Lipinski definition) is 3. The monoisotopic (exact) mass is 245 g/mol. The third kappa shape index (κ3) is 2.89. The topological polar surface area (TPSA) is 37.8 Å². The molecule has 3 nitrogen and oxygen atoms in total. The summed E-state index contributed by atoms with van der Waals surface area (Å²) in [4.78, 5) is 8.54. The Labute approximate surface area is 109 Å². The number of nitrogens with one attached hydrogen (secondary N) is 1. The molecule has 3 atom stereocenters. The van der Waals surface area contributed by atoms with Crippen LogP contribution in [0.3, 0.4) is 0 Å². The van der Waals surface area contributed by atoms with Crippen molar-refractivity contribution in [3.05, 3.63) is 24.3 Å². The molecule has 0 bridgehead atoms. The molecule has 1 heterocycles. The predicted octanol–water partition coefficient (Wildman–Crippen LogP) is 3.10. The van der Waals surface area contributed by atoms with Gasteiger partial charge >= 0.3 is 0 Å². The van der Waals surface area contributed by atoms with Crippen LogP contribution in [-0.4, -0.2) is 16.0 Å². The molecule has 1 aromatic heterocycles. The molecule has 0 saturated heterocycles. The Morgan fingerprint density at radius 1 is 1.17 bits per heavy atom. The zero-order valence-corrected chi connectivity index (χ0v) is 11.2. The van der Waals surface area contributed by atoms with Gasteiger partial charge in [0.05, 0.1) is 5.69 Å². The summed E-state index contributed by atoms with van der Waals surface area (Å²) in [6.45, 7) is 2.20. The molecule has 3 rings (SSSR count). The van der Waals surface area contributed by atoms with Crippen molar-refractivity contribution in [2.45, 2.75) is 57.5 Å². The summed E-state index contributed by atoms with van der Waals surface area (Å²) in [7, 11) is 0. The summed E-state index contributed by atoms with van der Waals surface area (Å²) < 4.78 is 0. The Hall–Kier alpha value is -0.960. The fourth-order valence-corrected chi connectivity index (χ4v) is 3.35. The Morgan fingerprint density at radius 3 is 2.78 bits per heavy atom. The van der Waals surface area contributed by atoms with Gasteiger partial charge in [0.2, 0.25) is 0 Å². The predicted molar refractivity (Wildman–Crippen MR) is 72.1 cm³/mol. The van der Waals surface area contributed by atoms with Crippen LogP contribution in [0.15, 0.2) is 18.6 Å². The average Bonchev–Trinajstić information content (AvgIpc) is 3.24. The van der Waals surface area contributed by atoms with E-state index in [1.165, 1.54) is 38.5 Å². The van der Waals surface area contributed by atoms with Gasteiger partial charge in [-0.3, -0.25) is 9.97 Å². The van der Waals surface area contributed by atoms with Gasteiger partial charge < -0.3 is 5.32 Å². The van der Waals surface area contributed by atoms with Crippen molar-refractivity contribution in [2.75, 3.05) is 0 Å². The van der Waals surface area contributed by atoms with Crippen LogP contribution in [0.25, 0.3) is 0 Å². The van der Waals surface area contributed by atoms with Gasteiger partial charge in [-0.1, -0.05) is 12.8 Å². The molecular weight excluding hydrogens is 222 g/mol. The van der Waals surface area contributed by atoms with Gasteiger partial charge in [-0.05, 0) is 44.4 Å². The zero-order chi connectivity index (χ0) is 12.4. The lowest BCUT2D eigenvalue weighted by molar-refractivity contribution is 0.248. The van der Waals surface area contributed by atoms with E-state index in [2.05, 4.69) is 22.2 Å². The quantitative estimate of drug-likeness (QED) is 0.885. The molecule has 2 fully saturated rings. The molecule has 0 spiro atoms. The molecule has 0 radical (unpaired) electrons. The number of nitrogens with zero attached hydrogens (tertiary/aromatic N) is 2. The molecule has 3 heteroatoms. The van der Waals surface area contributed by atoms with Gasteiger partial charge in [-0.15, -0.1) is 0 Å². The highest BCUT2D eigenvalue weighted by molar-refractivity contribution is 5.01. The minimum absolute atomic E-state index is 0.321. The maximum Gasteiger partial charge on any atom is 0.0753 e. The number of aromatic nitrogens is 2. The minimum Gasteiger partial charge on any atom is -0.306 e. The lowest BCUT2D eigenvalue weighted by Crippen LogP contribution is -2.36. The van der Waals surface area contributed by atoms with Gasteiger partial charge in [-0.25, -0.2) is 0 Å². The smallest absolute Gasteiger partial charge is 0.0753 e. The fraction of sp³-hybridized carbons (Fsp3) is 0.733. The van der Waals surface area contributed by atoms with E-state index in [9.17, 15) is 0 Å². The summed E-state index contributed by atoms with van der Waals surface area (Å²) in [5.41, 5.74) is 1.06. The minimum atomic E-state index is 0.321. The Balaban J connectivity index is 1.55. The van der Waals surface area contributed by atoms with Crippen molar-refractivity contribution in [2.24, 2.45) is 11.8 Å². The number of rotatable bonds is 4. The highest BCUT2D eigenvalue weighted by Crippen LogP contribution is 2.44. The first-order valence-corrected chi connectivity index (χ1v) is 7.35. The normalized spacial score (nSPS) is 30.1. The number of hydrogen-bond donors (Lipinski definition) is 1. The van der Waals surface area contributed by atoms with Crippen LogP contribution in [0, 0.1) is 11.8 Å². The van der Waals surface area contributed by atoms with Gasteiger partial charge in [0.1, 0.15) is 0 Å². The van der Waals surface area contributed by atoms with Crippen molar-refractivity contribution in [3.8, 4) is 0 Å². The maximum atomic E-state index is 4.39. The van der Waals surface area contributed by atoms with Gasteiger partial charge in [-0.2, -0.15) is 0 Å². The fourth-order valence-electron chi connectivity index (χ4n) is 3.35. The summed E-state index contributed by atoms with van der Waals surface area (Å²) >= 11 is 0. The highest BCUT2D eigenvalue weighted by Gasteiger charge is 2.34. The first kappa shape index (κ1) is 12.1. The zero-order valence-electron chi connectivity index (χ0n) is 11.2. The van der Waals surface area contributed by atoms with E-state index < -0.39 is 0 Å². The third-order valence-corrected chi connectivity index (χ3v) is 4.52. The summed E-state index contributed by atoms with van der Waals surface area (Å²) in [6.07, 6.45) is 13.9. The molecule has 18 heavy (non-hydrogen) atoms. The maximum absolute atomic E-state index is 4.39. The third-order valence-electron chi connectivity index (χ3n) is 4.52. The van der Waals surface area contributed by atoms with Crippen molar-refractivity contribution in [1.82, 2.24) is 15.3 Å². The molecule has 0 unspecified atom stereocenters. The SMILES string of the molecule is C[C@H](N[C@H]1CCC[C@H](C2CC2)C1)c1cnccn1. The van der Waals surface area contributed by atoms with E-state index in [0.717, 1.165) is 17.5 Å². The lowest BCUT2D eigenvalue weighted by Gasteiger charge is -2.31. The lowest BCUT2D eigenvalue weighted by atomic mass is 9.82. The van der Waals surface area contributed by atoms with Crippen LogP contribution >= 0.6 is 0 Å². The molecule has 2 saturated carbocycles. The van der Waals surface area contributed by atoms with E-state index in [0.29, 0.717) is 12.1 Å². The first-order chi connectivity index (χ1) is 8.83. The Bertz CT molecular complexity index is 375. The van der Waals surface area contributed by atoms with Crippen LogP contribution in [0.1, 0.15) is 57.2 Å². The molecule has 2 aliphatic rings. The van der Waals surface area contributed by atoms with E-state index in [1.807, 2.05) is 6.20 Å². The van der Waals surface area contributed by atoms with Crippen molar-refractivity contribution >= 4 is 0 Å². The molecule has 0 aromatic carbocycles. The Kier molecular flexibility index (Phi) is 3.59. The molecule has 1 aromatic rings. The van der Waals surface area contributed by atoms with Crippen LogP contribution in [0.4, 0.5) is 0 Å². The Morgan fingerprint density at radius 2 is 2.06 bits per heavy atom. The molecular formula is C15H23N3. The molecule has 0 aliphatic heterocycles. The van der Waals surface area contributed by atoms with Crippen molar-refractivity contribution < 1.29 is 0 Å². The summed E-state index contributed by atoms with van der Waals surface area (Å²) in [5, 5.41) is 3.75. The van der Waals surface area contributed by atoms with Gasteiger partial charge in [0, 0.05) is 30.7 Å². The van der Waals surface area contributed by atoms with E-state index >= 15 is 0 Å². The van der Waals surface area contributed by atoms with Gasteiger partial charge in [0.15, 0.2) is 0 Å². The molecule has 2 aliphatic carbocycles. The second-order valence-electron chi connectivity index (χ2n) is 5.98. The largest absolute Gasteiger partial charge is 0.306 e. The second-order valence-corrected chi connectivity index (χ2v) is 5.98. The van der Waals surface area contributed by atoms with Crippen molar-refractivity contribution in [3.63, 3.8) is 0 Å². The molecule has 0 amide bonds. The summed E-state index contributed by atoms with van der Waals surface area (Å²) in [6, 6.07) is 1.00. The van der Waals surface area contributed by atoms with Crippen LogP contribution in [0.5, 0.6) is 0 Å². The van der Waals surface area contributed by atoms with Crippen LogP contribution in [0.2, 0.25) is 0 Å². The van der Waals surface area contributed by atoms with Gasteiger partial charge in [0.25, 0.3) is 0 Å². The van der Waals surface area contributed by atoms with Crippen molar-refractivity contribution in [1.29, 1.82) is 0 Å². The standard InChI is InChI=1S/C15H23N3/c1-11(15-10-16-7-8-17-15)18-14-4-2-3-13(9-14)12-5-6-12/h7-8,10-14,18H,2-6,9H2,1H3/t11-,13-,14-/m0/s1. The summed E-state index contributed by atoms with van der Waals surface area (Å²) in [5.74, 6) is 2.05. The first-order valence-electron chi connectivity index (χ1n) is 7.35. The average molecular weight is 245 g/mol. The van der Waals surface area contributed by atoms with Crippen LogP contribution < -0.4 is 5.32 Å². The highest BCUT2D eigenvalue weighted by atomic mass is 15.0. The molecule has 98 valence electrons. The van der Waals surface area contributed by atoms with E-state index in [-0.39, 0.29) is 0 Å².